The highest BCUT2D eigenvalue weighted by atomic mass is 16.6. The number of rotatable bonds is 7. The lowest BCUT2D eigenvalue weighted by atomic mass is 10.1. The molecule has 0 bridgehead atoms. The minimum atomic E-state index is -0.712. The van der Waals surface area contributed by atoms with E-state index < -0.39 is 15.8 Å². The molecule has 0 spiro atoms. The summed E-state index contributed by atoms with van der Waals surface area (Å²) in [5.41, 5.74) is 0.464. The maximum atomic E-state index is 12.3. The fourth-order valence-electron chi connectivity index (χ4n) is 2.14. The van der Waals surface area contributed by atoms with Crippen molar-refractivity contribution in [1.82, 2.24) is 0 Å². The average Bonchev–Trinajstić information content (AvgIpc) is 2.64. The Morgan fingerprint density at radius 2 is 1.74 bits per heavy atom. The molecular formula is C18H16N2O7. The lowest BCUT2D eigenvalue weighted by molar-refractivity contribution is -0.422. The number of benzene rings is 2. The molecule has 140 valence electrons. The van der Waals surface area contributed by atoms with Gasteiger partial charge in [0.25, 0.3) is 5.69 Å². The molecule has 0 radical (unpaired) electrons. The van der Waals surface area contributed by atoms with Gasteiger partial charge in [0, 0.05) is 25.1 Å². The first-order chi connectivity index (χ1) is 12.8. The quantitative estimate of drug-likeness (QED) is 0.313. The largest absolute Gasteiger partial charge is 0.490 e. The summed E-state index contributed by atoms with van der Waals surface area (Å²) in [5.74, 6) is -0.329. The summed E-state index contributed by atoms with van der Waals surface area (Å²) >= 11 is 0. The van der Waals surface area contributed by atoms with Crippen LogP contribution in [0.2, 0.25) is 0 Å². The van der Waals surface area contributed by atoms with E-state index >= 15 is 0 Å². The second kappa shape index (κ2) is 8.56. The fraction of sp³-hybridized carbons (Fsp3) is 0.167. The van der Waals surface area contributed by atoms with E-state index in [4.69, 9.17) is 9.47 Å². The Morgan fingerprint density at radius 1 is 1.07 bits per heavy atom. The Balaban J connectivity index is 2.26. The van der Waals surface area contributed by atoms with Gasteiger partial charge in [0.1, 0.15) is 0 Å². The number of nitrogens with zero attached hydrogens (tertiary/aromatic N) is 2. The molecule has 0 aliphatic carbocycles. The van der Waals surface area contributed by atoms with E-state index in [9.17, 15) is 25.0 Å². The van der Waals surface area contributed by atoms with E-state index in [0.717, 1.165) is 0 Å². The van der Waals surface area contributed by atoms with Crippen molar-refractivity contribution in [2.45, 2.75) is 13.8 Å². The van der Waals surface area contributed by atoms with Crippen molar-refractivity contribution in [3.63, 3.8) is 0 Å². The second-order valence-electron chi connectivity index (χ2n) is 5.38. The van der Waals surface area contributed by atoms with Gasteiger partial charge >= 0.3 is 5.97 Å². The van der Waals surface area contributed by atoms with Gasteiger partial charge < -0.3 is 9.47 Å². The molecule has 9 nitrogen and oxygen atoms in total. The first kappa shape index (κ1) is 19.6. The molecule has 0 N–H and O–H groups in total. The van der Waals surface area contributed by atoms with E-state index in [1.807, 2.05) is 0 Å². The van der Waals surface area contributed by atoms with E-state index in [1.54, 1.807) is 13.0 Å². The molecule has 0 saturated heterocycles. The Hall–Kier alpha value is -3.75. The van der Waals surface area contributed by atoms with Gasteiger partial charge in [0.2, 0.25) is 5.70 Å². The van der Waals surface area contributed by atoms with Gasteiger partial charge in [-0.2, -0.15) is 0 Å². The van der Waals surface area contributed by atoms with Gasteiger partial charge in [-0.25, -0.2) is 4.79 Å². The number of ether oxygens (including phenoxy) is 2. The van der Waals surface area contributed by atoms with Crippen molar-refractivity contribution in [3.05, 3.63) is 79.5 Å². The minimum absolute atomic E-state index is 0.0481. The molecule has 27 heavy (non-hydrogen) atoms. The number of allylic oxidation sites excluding steroid dienone is 1. The fourth-order valence-corrected chi connectivity index (χ4v) is 2.14. The molecular weight excluding hydrogens is 356 g/mol. The number of nitro groups is 2. The third-order valence-electron chi connectivity index (χ3n) is 3.45. The van der Waals surface area contributed by atoms with E-state index in [-0.39, 0.29) is 28.4 Å². The topological polar surface area (TPSA) is 122 Å². The predicted octanol–water partition coefficient (Wildman–Crippen LogP) is 3.85. The van der Waals surface area contributed by atoms with Crippen molar-refractivity contribution in [1.29, 1.82) is 0 Å². The average molecular weight is 372 g/mol. The number of carbonyl (C=O) groups excluding carboxylic acids is 1. The van der Waals surface area contributed by atoms with Crippen LogP contribution in [0.3, 0.4) is 0 Å². The molecule has 0 aliphatic rings. The number of esters is 1. The molecule has 0 heterocycles. The zero-order chi connectivity index (χ0) is 20.0. The van der Waals surface area contributed by atoms with Gasteiger partial charge in [-0.1, -0.05) is 6.07 Å². The number of non-ortho nitro benzene ring substituents is 1. The maximum absolute atomic E-state index is 12.3. The SMILES string of the molecule is CCOc1cc(/C=C(/C)[N+](=O)[O-])ccc1OC(=O)c1ccc([N+](=O)[O-])cc1. The van der Waals surface area contributed by atoms with Gasteiger partial charge in [-0.3, -0.25) is 20.2 Å². The normalized spacial score (nSPS) is 11.0. The molecule has 0 atom stereocenters. The molecule has 0 fully saturated rings. The zero-order valence-corrected chi connectivity index (χ0v) is 14.6. The molecule has 9 heteroatoms. The first-order valence-corrected chi connectivity index (χ1v) is 7.88. The highest BCUT2D eigenvalue weighted by Gasteiger charge is 2.15. The second-order valence-corrected chi connectivity index (χ2v) is 5.38. The molecule has 2 rings (SSSR count). The van der Waals surface area contributed by atoms with Gasteiger partial charge in [-0.05, 0) is 36.8 Å². The van der Waals surface area contributed by atoms with Crippen LogP contribution < -0.4 is 9.47 Å². The van der Waals surface area contributed by atoms with Crippen LogP contribution in [0, 0.1) is 20.2 Å². The number of hydrogen-bond donors (Lipinski definition) is 0. The maximum Gasteiger partial charge on any atom is 0.343 e. The summed E-state index contributed by atoms with van der Waals surface area (Å²) in [6.07, 6.45) is 1.37. The monoisotopic (exact) mass is 372 g/mol. The molecule has 0 aliphatic heterocycles. The first-order valence-electron chi connectivity index (χ1n) is 7.88. The van der Waals surface area contributed by atoms with Crippen molar-refractivity contribution in [2.75, 3.05) is 6.61 Å². The van der Waals surface area contributed by atoms with Crippen molar-refractivity contribution >= 4 is 17.7 Å². The summed E-state index contributed by atoms with van der Waals surface area (Å²) in [6, 6.07) is 9.52. The van der Waals surface area contributed by atoms with Gasteiger partial charge in [0.05, 0.1) is 22.0 Å². The molecule has 0 saturated carbocycles. The highest BCUT2D eigenvalue weighted by Crippen LogP contribution is 2.30. The van der Waals surface area contributed by atoms with Crippen molar-refractivity contribution < 1.29 is 24.1 Å². The standard InChI is InChI=1S/C18H16N2O7/c1-3-26-17-11-13(10-12(2)19(22)23)4-9-16(17)27-18(21)14-5-7-15(8-6-14)20(24)25/h4-11H,3H2,1-2H3/b12-10-. The Kier molecular flexibility index (Phi) is 6.21. The zero-order valence-electron chi connectivity index (χ0n) is 14.6. The molecule has 0 aromatic heterocycles. The smallest absolute Gasteiger partial charge is 0.343 e. The van der Waals surface area contributed by atoms with E-state index in [1.165, 1.54) is 49.4 Å². The summed E-state index contributed by atoms with van der Waals surface area (Å²) in [6.45, 7) is 3.40. The molecule has 0 unspecified atom stereocenters. The van der Waals surface area contributed by atoms with Gasteiger partial charge in [-0.15, -0.1) is 0 Å². The third kappa shape index (κ3) is 5.11. The number of nitro benzene ring substituents is 1. The van der Waals surface area contributed by atoms with Crippen LogP contribution in [0.15, 0.2) is 48.2 Å². The van der Waals surface area contributed by atoms with Crippen molar-refractivity contribution in [3.8, 4) is 11.5 Å². The van der Waals surface area contributed by atoms with Crippen LogP contribution in [0.5, 0.6) is 11.5 Å². The molecule has 2 aromatic carbocycles. The van der Waals surface area contributed by atoms with Crippen LogP contribution in [0.1, 0.15) is 29.8 Å². The minimum Gasteiger partial charge on any atom is -0.490 e. The lowest BCUT2D eigenvalue weighted by Gasteiger charge is -2.11. The van der Waals surface area contributed by atoms with Crippen LogP contribution in [0.25, 0.3) is 6.08 Å². The summed E-state index contributed by atoms with van der Waals surface area (Å²) in [7, 11) is 0. The van der Waals surface area contributed by atoms with E-state index in [2.05, 4.69) is 0 Å². The summed E-state index contributed by atoms with van der Waals surface area (Å²) in [4.78, 5) is 32.6. The van der Waals surface area contributed by atoms with Crippen molar-refractivity contribution in [2.24, 2.45) is 0 Å². The van der Waals surface area contributed by atoms with Crippen LogP contribution in [-0.4, -0.2) is 22.4 Å². The number of carbonyl (C=O) groups is 1. The Bertz CT molecular complexity index is 904. The molecule has 0 amide bonds. The van der Waals surface area contributed by atoms with Crippen LogP contribution >= 0.6 is 0 Å². The Labute approximate surface area is 154 Å². The van der Waals surface area contributed by atoms with E-state index in [0.29, 0.717) is 12.2 Å². The third-order valence-corrected chi connectivity index (χ3v) is 3.45. The van der Waals surface area contributed by atoms with Crippen LogP contribution in [-0.2, 0) is 0 Å². The highest BCUT2D eigenvalue weighted by molar-refractivity contribution is 5.91. The van der Waals surface area contributed by atoms with Crippen LogP contribution in [0.4, 0.5) is 5.69 Å². The molecule has 2 aromatic rings. The Morgan fingerprint density at radius 3 is 2.30 bits per heavy atom. The van der Waals surface area contributed by atoms with Gasteiger partial charge in [0.15, 0.2) is 11.5 Å². The number of hydrogen-bond acceptors (Lipinski definition) is 7. The summed E-state index contributed by atoms with van der Waals surface area (Å²) < 4.78 is 10.7. The summed E-state index contributed by atoms with van der Waals surface area (Å²) in [5, 5.41) is 21.4. The predicted molar refractivity (Wildman–Crippen MR) is 96.3 cm³/mol. The lowest BCUT2D eigenvalue weighted by Crippen LogP contribution is -2.09.